The van der Waals surface area contributed by atoms with Gasteiger partial charge in [0.15, 0.2) is 6.29 Å². The van der Waals surface area contributed by atoms with Gasteiger partial charge in [0.1, 0.15) is 24.4 Å². The van der Waals surface area contributed by atoms with Gasteiger partial charge in [0.05, 0.1) is 6.54 Å². The molecule has 0 aromatic rings. The fourth-order valence-electron chi connectivity index (χ4n) is 2.44. The van der Waals surface area contributed by atoms with E-state index in [1.807, 2.05) is 0 Å². The first-order valence-electron chi connectivity index (χ1n) is 8.01. The molecule has 1 aliphatic rings. The van der Waals surface area contributed by atoms with Gasteiger partial charge in [-0.05, 0) is 19.4 Å². The number of allylic oxidation sites excluding steroid dienone is 1. The molecule has 0 saturated carbocycles. The van der Waals surface area contributed by atoms with Crippen LogP contribution in [0.3, 0.4) is 0 Å². The Labute approximate surface area is 142 Å². The van der Waals surface area contributed by atoms with Crippen molar-refractivity contribution in [3.63, 3.8) is 0 Å². The second-order valence-corrected chi connectivity index (χ2v) is 5.79. The molecule has 0 bridgehead atoms. The molecule has 0 aliphatic carbocycles. The minimum absolute atomic E-state index is 0.0803. The average Bonchev–Trinajstić information content (AvgIpc) is 2.55. The number of aliphatic hydroxyl groups is 3. The third kappa shape index (κ3) is 6.49. The molecule has 1 rings (SSSR count). The van der Waals surface area contributed by atoms with Gasteiger partial charge in [-0.15, -0.1) is 0 Å². The van der Waals surface area contributed by atoms with E-state index in [-0.39, 0.29) is 6.54 Å². The highest BCUT2D eigenvalue weighted by atomic mass is 16.7. The Morgan fingerprint density at radius 2 is 1.96 bits per heavy atom. The van der Waals surface area contributed by atoms with Crippen LogP contribution in [0, 0.1) is 0 Å². The lowest BCUT2D eigenvalue weighted by Gasteiger charge is -2.40. The van der Waals surface area contributed by atoms with E-state index < -0.39 is 30.7 Å². The molecule has 10 nitrogen and oxygen atoms in total. The molecule has 5 atom stereocenters. The first-order chi connectivity index (χ1) is 11.4. The number of methoxy groups -OCH3 is 1. The van der Waals surface area contributed by atoms with Gasteiger partial charge in [-0.3, -0.25) is 0 Å². The molecule has 0 aromatic carbocycles. The van der Waals surface area contributed by atoms with E-state index in [1.165, 1.54) is 12.1 Å². The molecule has 142 valence electrons. The smallest absolute Gasteiger partial charge is 0.186 e. The van der Waals surface area contributed by atoms with Crippen molar-refractivity contribution in [2.24, 2.45) is 17.3 Å². The Morgan fingerprint density at radius 1 is 1.25 bits per heavy atom. The minimum Gasteiger partial charge on any atom is -0.401 e. The number of nitrogens with one attached hydrogen (secondary N) is 1. The second kappa shape index (κ2) is 10.8. The van der Waals surface area contributed by atoms with E-state index in [0.717, 1.165) is 19.5 Å². The maximum absolute atomic E-state index is 9.98. The summed E-state index contributed by atoms with van der Waals surface area (Å²) in [6, 6.07) is 0. The number of hydrogen-bond donors (Lipinski definition) is 7. The van der Waals surface area contributed by atoms with E-state index in [9.17, 15) is 15.3 Å². The highest BCUT2D eigenvalue weighted by Crippen LogP contribution is 2.22. The molecule has 10 N–H and O–H groups in total. The first-order valence-corrected chi connectivity index (χ1v) is 8.01. The van der Waals surface area contributed by atoms with Crippen LogP contribution in [0.5, 0.6) is 0 Å². The number of ether oxygens (including phenoxy) is 2. The molecule has 10 heteroatoms. The summed E-state index contributed by atoms with van der Waals surface area (Å²) >= 11 is 0. The number of rotatable bonds is 10. The number of hydrogen-bond acceptors (Lipinski definition) is 10. The topological polar surface area (TPSA) is 172 Å². The third-order valence-electron chi connectivity index (χ3n) is 3.76. The average molecular weight is 349 g/mol. The molecule has 0 aromatic heterocycles. The summed E-state index contributed by atoms with van der Waals surface area (Å²) in [7, 11) is 1.34. The van der Waals surface area contributed by atoms with Gasteiger partial charge in [-0.2, -0.15) is 0 Å². The number of aliphatic hydroxyl groups excluding tert-OH is 3. The largest absolute Gasteiger partial charge is 0.401 e. The summed E-state index contributed by atoms with van der Waals surface area (Å²) < 4.78 is 10.4. The first kappa shape index (κ1) is 21.1. The van der Waals surface area contributed by atoms with Gasteiger partial charge in [-0.25, -0.2) is 5.84 Å². The van der Waals surface area contributed by atoms with Crippen molar-refractivity contribution in [2.75, 3.05) is 33.3 Å². The lowest BCUT2D eigenvalue weighted by atomic mass is 9.99. The molecule has 1 aliphatic heterocycles. The molecule has 0 amide bonds. The molecular formula is C14H31N5O5. The van der Waals surface area contributed by atoms with Crippen LogP contribution in [-0.4, -0.2) is 84.3 Å². The predicted octanol–water partition coefficient (Wildman–Crippen LogP) is -3.26. The van der Waals surface area contributed by atoms with Crippen LogP contribution in [0.25, 0.3) is 0 Å². The van der Waals surface area contributed by atoms with Gasteiger partial charge in [-0.1, -0.05) is 0 Å². The zero-order chi connectivity index (χ0) is 18.1. The molecule has 1 fully saturated rings. The maximum Gasteiger partial charge on any atom is 0.186 e. The van der Waals surface area contributed by atoms with Gasteiger partial charge >= 0.3 is 0 Å². The molecule has 5 unspecified atom stereocenters. The Balaban J connectivity index is 2.44. The highest BCUT2D eigenvalue weighted by Gasteiger charge is 2.44. The summed E-state index contributed by atoms with van der Waals surface area (Å²) in [5.41, 5.74) is 11.9. The highest BCUT2D eigenvalue weighted by molar-refractivity contribution is 4.97. The number of nitrogens with two attached hydrogens (primary N) is 3. The van der Waals surface area contributed by atoms with Crippen molar-refractivity contribution in [3.8, 4) is 0 Å². The van der Waals surface area contributed by atoms with Crippen molar-refractivity contribution >= 4 is 0 Å². The number of hydrazine groups is 1. The van der Waals surface area contributed by atoms with E-state index in [4.69, 9.17) is 26.8 Å². The summed E-state index contributed by atoms with van der Waals surface area (Å²) in [6.07, 6.45) is -2.79. The molecule has 0 spiro atoms. The zero-order valence-electron chi connectivity index (χ0n) is 14.0. The Hall–Kier alpha value is -0.980. The Bertz CT molecular complexity index is 385. The SMILES string of the molecule is COC1OC(CN(N)/C=C(\N)CCCNCCN)C(O)C(O)C1O. The molecule has 1 saturated heterocycles. The van der Waals surface area contributed by atoms with Crippen LogP contribution in [0.1, 0.15) is 12.8 Å². The van der Waals surface area contributed by atoms with Gasteiger partial charge in [0, 0.05) is 32.1 Å². The lowest BCUT2D eigenvalue weighted by molar-refractivity contribution is -0.291. The molecular weight excluding hydrogens is 318 g/mol. The van der Waals surface area contributed by atoms with E-state index in [1.54, 1.807) is 6.20 Å². The quantitative estimate of drug-likeness (QED) is 0.121. The van der Waals surface area contributed by atoms with Crippen molar-refractivity contribution in [1.82, 2.24) is 10.3 Å². The van der Waals surface area contributed by atoms with Crippen molar-refractivity contribution in [1.29, 1.82) is 0 Å². The minimum atomic E-state index is -1.38. The van der Waals surface area contributed by atoms with Crippen LogP contribution in [-0.2, 0) is 9.47 Å². The van der Waals surface area contributed by atoms with Crippen LogP contribution >= 0.6 is 0 Å². The summed E-state index contributed by atoms with van der Waals surface area (Å²) in [4.78, 5) is 0. The summed E-state index contributed by atoms with van der Waals surface area (Å²) in [6.45, 7) is 2.24. The molecule has 24 heavy (non-hydrogen) atoms. The normalized spacial score (nSPS) is 31.2. The zero-order valence-corrected chi connectivity index (χ0v) is 14.0. The van der Waals surface area contributed by atoms with E-state index in [0.29, 0.717) is 18.7 Å². The van der Waals surface area contributed by atoms with Crippen LogP contribution in [0.15, 0.2) is 11.9 Å². The van der Waals surface area contributed by atoms with Crippen molar-refractivity contribution < 1.29 is 24.8 Å². The van der Waals surface area contributed by atoms with E-state index >= 15 is 0 Å². The van der Waals surface area contributed by atoms with Crippen molar-refractivity contribution in [3.05, 3.63) is 11.9 Å². The molecule has 0 radical (unpaired) electrons. The Kier molecular flexibility index (Phi) is 9.48. The second-order valence-electron chi connectivity index (χ2n) is 5.79. The maximum atomic E-state index is 9.98. The van der Waals surface area contributed by atoms with Crippen LogP contribution in [0.2, 0.25) is 0 Å². The monoisotopic (exact) mass is 349 g/mol. The van der Waals surface area contributed by atoms with E-state index in [2.05, 4.69) is 5.32 Å². The summed E-state index contributed by atoms with van der Waals surface area (Å²) in [5, 5.41) is 34.0. The fraction of sp³-hybridized carbons (Fsp3) is 0.857. The summed E-state index contributed by atoms with van der Waals surface area (Å²) in [5.74, 6) is 5.86. The van der Waals surface area contributed by atoms with Gasteiger partial charge in [0.25, 0.3) is 0 Å². The standard InChI is InChI=1S/C14H31N5O5/c1-23-14-13(22)12(21)11(20)10(24-14)8-19(17)7-9(16)3-2-5-18-6-4-15/h7,10-14,18,20-22H,2-6,8,15-17H2,1H3/b9-7-. The lowest BCUT2D eigenvalue weighted by Crippen LogP contribution is -2.60. The molecule has 1 heterocycles. The predicted molar refractivity (Wildman–Crippen MR) is 88.0 cm³/mol. The fourth-order valence-corrected chi connectivity index (χ4v) is 2.44. The van der Waals surface area contributed by atoms with Crippen LogP contribution < -0.4 is 22.6 Å². The van der Waals surface area contributed by atoms with Gasteiger partial charge in [0.2, 0.25) is 0 Å². The third-order valence-corrected chi connectivity index (χ3v) is 3.76. The number of nitrogens with zero attached hydrogens (tertiary/aromatic N) is 1. The van der Waals surface area contributed by atoms with Gasteiger partial charge < -0.3 is 46.6 Å². The Morgan fingerprint density at radius 3 is 2.58 bits per heavy atom. The van der Waals surface area contributed by atoms with Crippen molar-refractivity contribution in [2.45, 2.75) is 43.5 Å². The van der Waals surface area contributed by atoms with Crippen LogP contribution in [0.4, 0.5) is 0 Å².